The van der Waals surface area contributed by atoms with Gasteiger partial charge in [-0.25, -0.2) is 13.4 Å². The van der Waals surface area contributed by atoms with E-state index in [1.165, 1.54) is 20.5 Å². The number of amides is 1. The largest absolute Gasteiger partial charge is 0.339 e. The Hall–Kier alpha value is -4.18. The summed E-state index contributed by atoms with van der Waals surface area (Å²) in [5.74, 6) is -0.281. The fourth-order valence-electron chi connectivity index (χ4n) is 4.95. The third-order valence-corrected chi connectivity index (χ3v) is 10.6. The number of anilines is 2. The number of nitrogens with zero attached hydrogens (tertiary/aromatic N) is 3. The van der Waals surface area contributed by atoms with E-state index in [1.807, 2.05) is 60.8 Å². The third-order valence-electron chi connectivity index (χ3n) is 7.19. The molecule has 6 aromatic rings. The molecule has 3 heterocycles. The predicted octanol–water partition coefficient (Wildman–Crippen LogP) is 7.14. The van der Waals surface area contributed by atoms with Crippen molar-refractivity contribution in [1.82, 2.24) is 9.97 Å². The van der Waals surface area contributed by atoms with Gasteiger partial charge in [0.2, 0.25) is 5.91 Å². The van der Waals surface area contributed by atoms with Gasteiger partial charge in [-0.2, -0.15) is 0 Å². The summed E-state index contributed by atoms with van der Waals surface area (Å²) >= 11 is 6.94. The monoisotopic (exact) mass is 600 g/mol. The molecule has 0 bridgehead atoms. The fourth-order valence-corrected chi connectivity index (χ4v) is 7.47. The van der Waals surface area contributed by atoms with Crippen molar-refractivity contribution in [2.45, 2.75) is 4.21 Å². The number of fused-ring (bicyclic) bond motifs is 3. The van der Waals surface area contributed by atoms with E-state index in [1.54, 1.807) is 37.7 Å². The molecule has 1 N–H and O–H groups in total. The van der Waals surface area contributed by atoms with E-state index in [2.05, 4.69) is 17.1 Å². The average molecular weight is 601 g/mol. The smallest absolute Gasteiger partial charge is 0.273 e. The number of nitrogens with one attached hydrogen (secondary N) is 1. The van der Waals surface area contributed by atoms with Crippen LogP contribution in [-0.4, -0.2) is 44.3 Å². The molecule has 0 atom stereocenters. The Bertz CT molecular complexity index is 1990. The van der Waals surface area contributed by atoms with Crippen LogP contribution in [0.25, 0.3) is 44.2 Å². The number of carbonyl (C=O) groups excluding carboxylic acids is 1. The first-order valence-corrected chi connectivity index (χ1v) is 15.6. The SMILES string of the molecule is CN(C(=O)CCl)c1ccc(-c2cnc3[nH]c4ccc(N(C)S(=O)(=O)c5cccs5)cc4c3c2-c2ccccc2)cc1. The second-order valence-electron chi connectivity index (χ2n) is 9.53. The molecule has 0 spiro atoms. The second kappa shape index (κ2) is 10.7. The minimum Gasteiger partial charge on any atom is -0.339 e. The molecule has 0 radical (unpaired) electrons. The quantitative estimate of drug-likeness (QED) is 0.197. The lowest BCUT2D eigenvalue weighted by Crippen LogP contribution is -2.27. The summed E-state index contributed by atoms with van der Waals surface area (Å²) in [6.45, 7) is 0. The number of hydrogen-bond donors (Lipinski definition) is 1. The maximum Gasteiger partial charge on any atom is 0.273 e. The zero-order valence-corrected chi connectivity index (χ0v) is 24.6. The number of hydrogen-bond acceptors (Lipinski definition) is 5. The van der Waals surface area contributed by atoms with Crippen LogP contribution >= 0.6 is 22.9 Å². The van der Waals surface area contributed by atoms with Crippen LogP contribution in [0, 0.1) is 0 Å². The number of aromatic nitrogens is 2. The summed E-state index contributed by atoms with van der Waals surface area (Å²) in [7, 11) is -0.430. The minimum atomic E-state index is -3.70. The lowest BCUT2D eigenvalue weighted by atomic mass is 9.92. The van der Waals surface area contributed by atoms with Gasteiger partial charge in [-0.05, 0) is 52.9 Å². The van der Waals surface area contributed by atoms with Gasteiger partial charge >= 0.3 is 0 Å². The molecular formula is C31H25ClN4O3S2. The van der Waals surface area contributed by atoms with Crippen LogP contribution < -0.4 is 9.21 Å². The van der Waals surface area contributed by atoms with E-state index in [-0.39, 0.29) is 16.0 Å². The molecule has 6 rings (SSSR count). The van der Waals surface area contributed by atoms with Crippen LogP contribution in [0.15, 0.2) is 101 Å². The van der Waals surface area contributed by atoms with Gasteiger partial charge in [-0.15, -0.1) is 22.9 Å². The van der Waals surface area contributed by atoms with Crippen molar-refractivity contribution >= 4 is 72.2 Å². The number of thiophene rings is 1. The summed E-state index contributed by atoms with van der Waals surface area (Å²) in [6.07, 6.45) is 1.84. The molecule has 206 valence electrons. The molecule has 7 nitrogen and oxygen atoms in total. The summed E-state index contributed by atoms with van der Waals surface area (Å²) in [5, 5.41) is 3.51. The summed E-state index contributed by atoms with van der Waals surface area (Å²) in [4.78, 5) is 21.8. The molecule has 0 aliphatic heterocycles. The Morgan fingerprint density at radius 3 is 2.34 bits per heavy atom. The minimum absolute atomic E-state index is 0.0939. The number of benzene rings is 3. The maximum absolute atomic E-state index is 13.3. The Morgan fingerprint density at radius 2 is 1.66 bits per heavy atom. The molecule has 0 aliphatic rings. The number of halogens is 1. The van der Waals surface area contributed by atoms with Crippen molar-refractivity contribution in [3.8, 4) is 22.3 Å². The van der Waals surface area contributed by atoms with Crippen molar-refractivity contribution in [1.29, 1.82) is 0 Å². The van der Waals surface area contributed by atoms with Crippen LogP contribution in [0.2, 0.25) is 0 Å². The molecule has 0 aliphatic carbocycles. The summed E-state index contributed by atoms with van der Waals surface area (Å²) < 4.78 is 28.2. The van der Waals surface area contributed by atoms with Crippen LogP contribution in [0.4, 0.5) is 11.4 Å². The van der Waals surface area contributed by atoms with Crippen LogP contribution in [0.3, 0.4) is 0 Å². The molecule has 0 unspecified atom stereocenters. The topological polar surface area (TPSA) is 86.4 Å². The number of rotatable bonds is 7. The molecule has 1 amide bonds. The molecule has 41 heavy (non-hydrogen) atoms. The van der Waals surface area contributed by atoms with Gasteiger partial charge < -0.3 is 9.88 Å². The van der Waals surface area contributed by atoms with Crippen molar-refractivity contribution in [3.63, 3.8) is 0 Å². The number of aromatic amines is 1. The number of carbonyl (C=O) groups is 1. The van der Waals surface area contributed by atoms with E-state index < -0.39 is 10.0 Å². The number of sulfonamides is 1. The van der Waals surface area contributed by atoms with Gasteiger partial charge in [0.1, 0.15) is 15.7 Å². The maximum atomic E-state index is 13.3. The van der Waals surface area contributed by atoms with E-state index in [9.17, 15) is 13.2 Å². The molecular weight excluding hydrogens is 576 g/mol. The number of pyridine rings is 1. The van der Waals surface area contributed by atoms with Gasteiger partial charge in [0.25, 0.3) is 10.0 Å². The summed E-state index contributed by atoms with van der Waals surface area (Å²) in [5.41, 5.74) is 6.65. The first-order chi connectivity index (χ1) is 19.8. The second-order valence-corrected chi connectivity index (χ2v) is 12.9. The molecule has 3 aromatic heterocycles. The third kappa shape index (κ3) is 4.76. The Balaban J connectivity index is 1.55. The number of H-pyrrole nitrogens is 1. The number of alkyl halides is 1. The highest BCUT2D eigenvalue weighted by atomic mass is 35.5. The van der Waals surface area contributed by atoms with Crippen molar-refractivity contribution in [3.05, 3.63) is 96.5 Å². The molecule has 0 saturated heterocycles. The van der Waals surface area contributed by atoms with Crippen molar-refractivity contribution < 1.29 is 13.2 Å². The fraction of sp³-hybridized carbons (Fsp3) is 0.0968. The molecule has 0 fully saturated rings. The first-order valence-electron chi connectivity index (χ1n) is 12.7. The van der Waals surface area contributed by atoms with E-state index in [4.69, 9.17) is 16.6 Å². The van der Waals surface area contributed by atoms with Gasteiger partial charge in [-0.1, -0.05) is 48.5 Å². The Morgan fingerprint density at radius 1 is 0.927 bits per heavy atom. The van der Waals surface area contributed by atoms with Crippen LogP contribution in [0.1, 0.15) is 0 Å². The van der Waals surface area contributed by atoms with E-state index >= 15 is 0 Å². The molecule has 0 saturated carbocycles. The zero-order valence-electron chi connectivity index (χ0n) is 22.2. The van der Waals surface area contributed by atoms with Crippen LogP contribution in [0.5, 0.6) is 0 Å². The average Bonchev–Trinajstić information content (AvgIpc) is 3.69. The summed E-state index contributed by atoms with van der Waals surface area (Å²) in [6, 6.07) is 26.7. The van der Waals surface area contributed by atoms with E-state index in [0.717, 1.165) is 44.2 Å². The van der Waals surface area contributed by atoms with Gasteiger partial charge in [0, 0.05) is 53.4 Å². The van der Waals surface area contributed by atoms with Gasteiger partial charge in [0.05, 0.1) is 5.69 Å². The lowest BCUT2D eigenvalue weighted by Gasteiger charge is -2.19. The zero-order chi connectivity index (χ0) is 28.7. The van der Waals surface area contributed by atoms with Crippen molar-refractivity contribution in [2.75, 3.05) is 29.2 Å². The lowest BCUT2D eigenvalue weighted by molar-refractivity contribution is -0.116. The Labute approximate surface area is 246 Å². The Kier molecular flexibility index (Phi) is 7.03. The highest BCUT2D eigenvalue weighted by molar-refractivity contribution is 7.94. The normalized spacial score (nSPS) is 11.7. The molecule has 10 heteroatoms. The van der Waals surface area contributed by atoms with Gasteiger partial charge in [-0.3, -0.25) is 9.10 Å². The molecule has 3 aromatic carbocycles. The first kappa shape index (κ1) is 27.0. The van der Waals surface area contributed by atoms with Crippen LogP contribution in [-0.2, 0) is 14.8 Å². The van der Waals surface area contributed by atoms with Gasteiger partial charge in [0.15, 0.2) is 0 Å². The van der Waals surface area contributed by atoms with Crippen molar-refractivity contribution in [2.24, 2.45) is 0 Å². The predicted molar refractivity (Wildman–Crippen MR) is 169 cm³/mol. The van der Waals surface area contributed by atoms with E-state index in [0.29, 0.717) is 11.3 Å². The standard InChI is InChI=1S/C31H25ClN4O3S2/c1-35(27(37)18-32)22-12-10-20(11-13-22)25-19-33-31-30(29(25)21-7-4-3-5-8-21)24-17-23(14-15-26(24)34-31)36(2)41(38,39)28-9-6-16-40-28/h3-17,19H,18H2,1-2H3,(H,33,34). The highest BCUT2D eigenvalue weighted by Gasteiger charge is 2.24. The highest BCUT2D eigenvalue weighted by Crippen LogP contribution is 2.42.